The number of benzene rings is 1. The van der Waals surface area contributed by atoms with Crippen LogP contribution in [0.2, 0.25) is 0 Å². The largest absolute Gasteiger partial charge is 0.396 e. The molecule has 0 fully saturated rings. The molecule has 0 aromatic heterocycles. The second-order valence-corrected chi connectivity index (χ2v) is 5.38. The Morgan fingerprint density at radius 2 is 2.27 bits per heavy atom. The molecule has 82 valence electrons. The second-order valence-electron chi connectivity index (χ2n) is 4.10. The van der Waals surface area contributed by atoms with Gasteiger partial charge in [0.15, 0.2) is 0 Å². The van der Waals surface area contributed by atoms with Gasteiger partial charge in [0.2, 0.25) is 0 Å². The molecule has 2 unspecified atom stereocenters. The van der Waals surface area contributed by atoms with Crippen molar-refractivity contribution in [1.82, 2.24) is 0 Å². The van der Waals surface area contributed by atoms with Crippen LogP contribution in [0, 0.1) is 6.92 Å². The van der Waals surface area contributed by atoms with Gasteiger partial charge in [0.1, 0.15) is 0 Å². The van der Waals surface area contributed by atoms with E-state index in [2.05, 4.69) is 37.4 Å². The van der Waals surface area contributed by atoms with Crippen molar-refractivity contribution in [3.63, 3.8) is 0 Å². The Bertz CT molecular complexity index is 353. The SMILES string of the molecule is Cc1ccc2c(c1)SC(CCO)C(C)N2. The Hall–Kier alpha value is -0.670. The number of aliphatic hydroxyl groups is 1. The first-order chi connectivity index (χ1) is 7.20. The van der Waals surface area contributed by atoms with E-state index in [1.165, 1.54) is 16.1 Å². The molecule has 0 aliphatic carbocycles. The van der Waals surface area contributed by atoms with Gasteiger partial charge in [-0.3, -0.25) is 0 Å². The molecule has 15 heavy (non-hydrogen) atoms. The van der Waals surface area contributed by atoms with E-state index in [0.717, 1.165) is 6.42 Å². The number of thioether (sulfide) groups is 1. The van der Waals surface area contributed by atoms with Crippen LogP contribution in [0.5, 0.6) is 0 Å². The zero-order valence-electron chi connectivity index (χ0n) is 9.16. The molecule has 1 aromatic rings. The maximum absolute atomic E-state index is 9.00. The molecular weight excluding hydrogens is 206 g/mol. The average Bonchev–Trinajstić information content (AvgIpc) is 2.20. The van der Waals surface area contributed by atoms with E-state index in [9.17, 15) is 0 Å². The lowest BCUT2D eigenvalue weighted by molar-refractivity contribution is 0.284. The van der Waals surface area contributed by atoms with Gasteiger partial charge in [0, 0.05) is 28.5 Å². The van der Waals surface area contributed by atoms with Crippen LogP contribution in [-0.2, 0) is 0 Å². The van der Waals surface area contributed by atoms with Crippen molar-refractivity contribution < 1.29 is 5.11 Å². The maximum atomic E-state index is 9.00. The molecule has 2 N–H and O–H groups in total. The standard InChI is InChI=1S/C12H17NOS/c1-8-3-4-10-12(7-8)15-11(5-6-14)9(2)13-10/h3-4,7,9,11,13-14H,5-6H2,1-2H3. The van der Waals surface area contributed by atoms with Crippen LogP contribution in [0.15, 0.2) is 23.1 Å². The van der Waals surface area contributed by atoms with Gasteiger partial charge in [0.05, 0.1) is 0 Å². The lowest BCUT2D eigenvalue weighted by atomic mass is 10.1. The first kappa shape index (κ1) is 10.8. The third-order valence-corrected chi connectivity index (χ3v) is 4.31. The van der Waals surface area contributed by atoms with Crippen molar-refractivity contribution in [3.8, 4) is 0 Å². The van der Waals surface area contributed by atoms with Crippen molar-refractivity contribution >= 4 is 17.4 Å². The third kappa shape index (κ3) is 2.29. The van der Waals surface area contributed by atoms with Crippen molar-refractivity contribution in [3.05, 3.63) is 23.8 Å². The number of aryl methyl sites for hydroxylation is 1. The summed E-state index contributed by atoms with van der Waals surface area (Å²) in [6.07, 6.45) is 0.853. The number of nitrogens with one attached hydrogen (secondary N) is 1. The number of rotatable bonds is 2. The molecule has 0 saturated heterocycles. The van der Waals surface area contributed by atoms with Crippen LogP contribution >= 0.6 is 11.8 Å². The van der Waals surface area contributed by atoms with Crippen molar-refractivity contribution in [2.75, 3.05) is 11.9 Å². The summed E-state index contributed by atoms with van der Waals surface area (Å²) in [5, 5.41) is 13.0. The average molecular weight is 223 g/mol. The summed E-state index contributed by atoms with van der Waals surface area (Å²) in [6, 6.07) is 6.91. The minimum Gasteiger partial charge on any atom is -0.396 e. The van der Waals surface area contributed by atoms with Crippen LogP contribution in [0.3, 0.4) is 0 Å². The Balaban J connectivity index is 2.22. The molecule has 0 saturated carbocycles. The van der Waals surface area contributed by atoms with E-state index in [4.69, 9.17) is 5.11 Å². The van der Waals surface area contributed by atoms with Crippen molar-refractivity contribution in [2.24, 2.45) is 0 Å². The minimum atomic E-state index is 0.269. The quantitative estimate of drug-likeness (QED) is 0.808. The lowest BCUT2D eigenvalue weighted by Crippen LogP contribution is -2.32. The summed E-state index contributed by atoms with van der Waals surface area (Å²) in [6.45, 7) is 4.56. The number of hydrogen-bond acceptors (Lipinski definition) is 3. The molecule has 3 heteroatoms. The summed E-state index contributed by atoms with van der Waals surface area (Å²) in [4.78, 5) is 1.31. The Kier molecular flexibility index (Phi) is 3.22. The molecule has 0 amide bonds. The van der Waals surface area contributed by atoms with E-state index in [1.807, 2.05) is 11.8 Å². The van der Waals surface area contributed by atoms with Gasteiger partial charge >= 0.3 is 0 Å². The van der Waals surface area contributed by atoms with E-state index in [0.29, 0.717) is 11.3 Å². The van der Waals surface area contributed by atoms with Gasteiger partial charge < -0.3 is 10.4 Å². The molecule has 0 bridgehead atoms. The van der Waals surface area contributed by atoms with Gasteiger partial charge in [0.25, 0.3) is 0 Å². The van der Waals surface area contributed by atoms with Crippen LogP contribution in [0.4, 0.5) is 5.69 Å². The van der Waals surface area contributed by atoms with Crippen LogP contribution < -0.4 is 5.32 Å². The predicted octanol–water partition coefficient (Wildman–Crippen LogP) is 2.65. The molecule has 0 spiro atoms. The monoisotopic (exact) mass is 223 g/mol. The van der Waals surface area contributed by atoms with Gasteiger partial charge in [-0.25, -0.2) is 0 Å². The zero-order chi connectivity index (χ0) is 10.8. The predicted molar refractivity (Wildman–Crippen MR) is 65.6 cm³/mol. The normalized spacial score (nSPS) is 24.5. The topological polar surface area (TPSA) is 32.3 Å². The molecule has 0 radical (unpaired) electrons. The van der Waals surface area contributed by atoms with Gasteiger partial charge in [-0.15, -0.1) is 11.8 Å². The Morgan fingerprint density at radius 1 is 1.47 bits per heavy atom. The summed E-state index contributed by atoms with van der Waals surface area (Å²) < 4.78 is 0. The van der Waals surface area contributed by atoms with Crippen molar-refractivity contribution in [2.45, 2.75) is 36.5 Å². The fraction of sp³-hybridized carbons (Fsp3) is 0.500. The van der Waals surface area contributed by atoms with E-state index < -0.39 is 0 Å². The van der Waals surface area contributed by atoms with Gasteiger partial charge in [-0.1, -0.05) is 6.07 Å². The molecule has 2 rings (SSSR count). The first-order valence-electron chi connectivity index (χ1n) is 5.35. The van der Waals surface area contributed by atoms with E-state index >= 15 is 0 Å². The highest BCUT2D eigenvalue weighted by Crippen LogP contribution is 2.39. The number of hydrogen-bond donors (Lipinski definition) is 2. The molecule has 1 aromatic carbocycles. The Morgan fingerprint density at radius 3 is 3.00 bits per heavy atom. The third-order valence-electron chi connectivity index (χ3n) is 2.77. The minimum absolute atomic E-state index is 0.269. The van der Waals surface area contributed by atoms with Gasteiger partial charge in [-0.2, -0.15) is 0 Å². The highest BCUT2D eigenvalue weighted by atomic mass is 32.2. The molecule has 2 atom stereocenters. The zero-order valence-corrected chi connectivity index (χ0v) is 9.97. The molecule has 2 nitrogen and oxygen atoms in total. The number of fused-ring (bicyclic) bond motifs is 1. The second kappa shape index (κ2) is 4.45. The maximum Gasteiger partial charge on any atom is 0.0481 e. The van der Waals surface area contributed by atoms with Crippen LogP contribution in [0.1, 0.15) is 18.9 Å². The molecule has 1 aliphatic heterocycles. The van der Waals surface area contributed by atoms with Crippen molar-refractivity contribution in [1.29, 1.82) is 0 Å². The van der Waals surface area contributed by atoms with Crippen LogP contribution in [0.25, 0.3) is 0 Å². The summed E-state index contributed by atoms with van der Waals surface area (Å²) in [5.41, 5.74) is 2.52. The molecule has 1 heterocycles. The lowest BCUT2D eigenvalue weighted by Gasteiger charge is -2.31. The van der Waals surface area contributed by atoms with Gasteiger partial charge in [-0.05, 0) is 38.0 Å². The smallest absolute Gasteiger partial charge is 0.0481 e. The summed E-state index contributed by atoms with van der Waals surface area (Å²) >= 11 is 1.88. The summed E-state index contributed by atoms with van der Waals surface area (Å²) in [5.74, 6) is 0. The molecule has 1 aliphatic rings. The summed E-state index contributed by atoms with van der Waals surface area (Å²) in [7, 11) is 0. The Labute approximate surface area is 95.1 Å². The highest BCUT2D eigenvalue weighted by molar-refractivity contribution is 8.00. The number of aliphatic hydroxyl groups excluding tert-OH is 1. The number of anilines is 1. The highest BCUT2D eigenvalue weighted by Gasteiger charge is 2.24. The fourth-order valence-electron chi connectivity index (χ4n) is 1.89. The van der Waals surface area contributed by atoms with E-state index in [-0.39, 0.29) is 6.61 Å². The van der Waals surface area contributed by atoms with E-state index in [1.54, 1.807) is 0 Å². The first-order valence-corrected chi connectivity index (χ1v) is 6.23. The molecular formula is C12H17NOS. The van der Waals surface area contributed by atoms with Crippen LogP contribution in [-0.4, -0.2) is 23.0 Å². The fourth-order valence-corrected chi connectivity index (χ4v) is 3.22.